The maximum Gasteiger partial charge on any atom is 0.191 e. The minimum atomic E-state index is 0.289. The number of likely N-dealkylation sites (tertiary alicyclic amines) is 1. The highest BCUT2D eigenvalue weighted by Gasteiger charge is 2.22. The first kappa shape index (κ1) is 22.8. The Morgan fingerprint density at radius 2 is 1.79 bits per heavy atom. The first-order valence-electron chi connectivity index (χ1n) is 11.5. The quantitative estimate of drug-likeness (QED) is 0.408. The molecule has 1 aromatic heterocycles. The maximum atomic E-state index is 5.35. The van der Waals surface area contributed by atoms with Crippen LogP contribution in [-0.4, -0.2) is 59.4 Å². The molecule has 1 saturated heterocycles. The SMILES string of the molecule is CN=C(NCc1ccc(-n2cncn2)cc1)NCC(c1ccc(OC)cc1)N1CCCCC1. The predicted molar refractivity (Wildman–Crippen MR) is 131 cm³/mol. The summed E-state index contributed by atoms with van der Waals surface area (Å²) in [5.74, 6) is 1.68. The molecule has 1 atom stereocenters. The predicted octanol–water partition coefficient (Wildman–Crippen LogP) is 3.17. The average Bonchev–Trinajstić information content (AvgIpc) is 3.42. The van der Waals surface area contributed by atoms with Crippen LogP contribution in [0.1, 0.15) is 36.4 Å². The number of aliphatic imine (C=N–C) groups is 1. The van der Waals surface area contributed by atoms with E-state index in [1.807, 2.05) is 31.3 Å². The van der Waals surface area contributed by atoms with Gasteiger partial charge in [0.15, 0.2) is 5.96 Å². The zero-order chi connectivity index (χ0) is 22.9. The van der Waals surface area contributed by atoms with Gasteiger partial charge in [-0.3, -0.25) is 9.89 Å². The molecule has 2 aromatic carbocycles. The van der Waals surface area contributed by atoms with Gasteiger partial charge in [0.25, 0.3) is 0 Å². The van der Waals surface area contributed by atoms with Crippen molar-refractivity contribution in [2.24, 2.45) is 4.99 Å². The van der Waals surface area contributed by atoms with Crippen LogP contribution >= 0.6 is 0 Å². The summed E-state index contributed by atoms with van der Waals surface area (Å²) >= 11 is 0. The highest BCUT2D eigenvalue weighted by Crippen LogP contribution is 2.25. The molecule has 2 N–H and O–H groups in total. The molecule has 0 radical (unpaired) electrons. The number of guanidine groups is 1. The van der Waals surface area contributed by atoms with Crippen LogP contribution in [0.2, 0.25) is 0 Å². The van der Waals surface area contributed by atoms with Crippen molar-refractivity contribution in [3.63, 3.8) is 0 Å². The highest BCUT2D eigenvalue weighted by molar-refractivity contribution is 5.79. The van der Waals surface area contributed by atoms with E-state index < -0.39 is 0 Å². The first-order chi connectivity index (χ1) is 16.3. The van der Waals surface area contributed by atoms with E-state index in [-0.39, 0.29) is 6.04 Å². The number of aromatic nitrogens is 3. The van der Waals surface area contributed by atoms with E-state index in [2.05, 4.69) is 54.9 Å². The van der Waals surface area contributed by atoms with Gasteiger partial charge >= 0.3 is 0 Å². The molecule has 0 amide bonds. The van der Waals surface area contributed by atoms with E-state index in [1.165, 1.54) is 36.7 Å². The van der Waals surface area contributed by atoms with Crippen LogP contribution < -0.4 is 15.4 Å². The largest absolute Gasteiger partial charge is 0.497 e. The van der Waals surface area contributed by atoms with Gasteiger partial charge in [-0.15, -0.1) is 0 Å². The summed E-state index contributed by atoms with van der Waals surface area (Å²) < 4.78 is 7.09. The number of rotatable bonds is 8. The summed E-state index contributed by atoms with van der Waals surface area (Å²) in [6, 6.07) is 17.0. The van der Waals surface area contributed by atoms with Gasteiger partial charge in [0.1, 0.15) is 18.4 Å². The van der Waals surface area contributed by atoms with Crippen LogP contribution in [0.4, 0.5) is 0 Å². The van der Waals surface area contributed by atoms with E-state index in [4.69, 9.17) is 4.74 Å². The van der Waals surface area contributed by atoms with Crippen LogP contribution in [-0.2, 0) is 6.54 Å². The van der Waals surface area contributed by atoms with Gasteiger partial charge in [0.2, 0.25) is 0 Å². The molecule has 1 aliphatic rings. The van der Waals surface area contributed by atoms with E-state index in [9.17, 15) is 0 Å². The van der Waals surface area contributed by atoms with Gasteiger partial charge in [-0.05, 0) is 61.3 Å². The second-order valence-electron chi connectivity index (χ2n) is 8.20. The monoisotopic (exact) mass is 447 g/mol. The summed E-state index contributed by atoms with van der Waals surface area (Å²) in [5, 5.41) is 11.1. The zero-order valence-corrected chi connectivity index (χ0v) is 19.4. The van der Waals surface area contributed by atoms with Crippen LogP contribution in [0.25, 0.3) is 5.69 Å². The van der Waals surface area contributed by atoms with Gasteiger partial charge in [0.05, 0.1) is 18.8 Å². The average molecular weight is 448 g/mol. The molecule has 33 heavy (non-hydrogen) atoms. The number of ether oxygens (including phenoxy) is 1. The third kappa shape index (κ3) is 6.10. The molecule has 8 heteroatoms. The molecular formula is C25H33N7O. The lowest BCUT2D eigenvalue weighted by atomic mass is 10.0. The topological polar surface area (TPSA) is 79.6 Å². The fraction of sp³-hybridized carbons (Fsp3) is 0.400. The minimum Gasteiger partial charge on any atom is -0.497 e. The van der Waals surface area contributed by atoms with Crippen molar-refractivity contribution in [2.75, 3.05) is 33.8 Å². The van der Waals surface area contributed by atoms with Crippen molar-refractivity contribution >= 4 is 5.96 Å². The molecule has 2 heterocycles. The van der Waals surface area contributed by atoms with Gasteiger partial charge in [0, 0.05) is 20.1 Å². The summed E-state index contributed by atoms with van der Waals surface area (Å²) in [6.45, 7) is 3.73. The van der Waals surface area contributed by atoms with Crippen molar-refractivity contribution in [1.82, 2.24) is 30.3 Å². The number of methoxy groups -OCH3 is 1. The van der Waals surface area contributed by atoms with E-state index in [0.717, 1.165) is 37.0 Å². The standard InChI is InChI=1S/C25H33N7O/c1-26-25(28-16-20-6-10-22(11-7-20)32-19-27-18-30-32)29-17-24(31-14-4-3-5-15-31)21-8-12-23(33-2)13-9-21/h6-13,18-19,24H,3-5,14-17H2,1-2H3,(H2,26,28,29). The number of piperidine rings is 1. The molecule has 0 spiro atoms. The van der Waals surface area contributed by atoms with Crippen molar-refractivity contribution in [1.29, 1.82) is 0 Å². The lowest BCUT2D eigenvalue weighted by Crippen LogP contribution is -2.44. The Labute approximate surface area is 195 Å². The summed E-state index contributed by atoms with van der Waals surface area (Å²) in [6.07, 6.45) is 7.06. The Kier molecular flexibility index (Phi) is 7.92. The Morgan fingerprint density at radius 1 is 1.03 bits per heavy atom. The molecule has 174 valence electrons. The van der Waals surface area contributed by atoms with Crippen LogP contribution in [0.3, 0.4) is 0 Å². The molecule has 0 saturated carbocycles. The smallest absolute Gasteiger partial charge is 0.191 e. The molecule has 1 fully saturated rings. The molecule has 0 bridgehead atoms. The Bertz CT molecular complexity index is 994. The summed E-state index contributed by atoms with van der Waals surface area (Å²) in [5.41, 5.74) is 3.46. The van der Waals surface area contributed by atoms with Gasteiger partial charge < -0.3 is 15.4 Å². The van der Waals surface area contributed by atoms with E-state index in [0.29, 0.717) is 6.54 Å². The Hall–Kier alpha value is -3.39. The molecule has 8 nitrogen and oxygen atoms in total. The van der Waals surface area contributed by atoms with Crippen molar-refractivity contribution < 1.29 is 4.74 Å². The molecule has 3 aromatic rings. The van der Waals surface area contributed by atoms with Gasteiger partial charge in [-0.1, -0.05) is 30.7 Å². The normalized spacial score (nSPS) is 15.8. The highest BCUT2D eigenvalue weighted by atomic mass is 16.5. The lowest BCUT2D eigenvalue weighted by molar-refractivity contribution is 0.164. The zero-order valence-electron chi connectivity index (χ0n) is 19.4. The first-order valence-corrected chi connectivity index (χ1v) is 11.5. The second kappa shape index (κ2) is 11.5. The third-order valence-corrected chi connectivity index (χ3v) is 6.10. The second-order valence-corrected chi connectivity index (χ2v) is 8.20. The molecule has 4 rings (SSSR count). The fourth-order valence-corrected chi connectivity index (χ4v) is 4.22. The van der Waals surface area contributed by atoms with Gasteiger partial charge in [-0.25, -0.2) is 9.67 Å². The van der Waals surface area contributed by atoms with Crippen LogP contribution in [0.15, 0.2) is 66.2 Å². The third-order valence-electron chi connectivity index (χ3n) is 6.10. The minimum absolute atomic E-state index is 0.289. The van der Waals surface area contributed by atoms with Gasteiger partial charge in [-0.2, -0.15) is 5.10 Å². The molecule has 1 aliphatic heterocycles. The van der Waals surface area contributed by atoms with Crippen molar-refractivity contribution in [3.05, 3.63) is 72.3 Å². The Balaban J connectivity index is 1.36. The number of nitrogens with one attached hydrogen (secondary N) is 2. The van der Waals surface area contributed by atoms with E-state index >= 15 is 0 Å². The van der Waals surface area contributed by atoms with Crippen LogP contribution in [0, 0.1) is 0 Å². The number of hydrogen-bond donors (Lipinski definition) is 2. The Morgan fingerprint density at radius 3 is 2.42 bits per heavy atom. The number of benzene rings is 2. The summed E-state index contributed by atoms with van der Waals surface area (Å²) in [4.78, 5) is 11.0. The van der Waals surface area contributed by atoms with Crippen molar-refractivity contribution in [2.45, 2.75) is 31.8 Å². The fourth-order valence-electron chi connectivity index (χ4n) is 4.22. The number of nitrogens with zero attached hydrogens (tertiary/aromatic N) is 5. The van der Waals surface area contributed by atoms with E-state index in [1.54, 1.807) is 18.1 Å². The molecule has 1 unspecified atom stereocenters. The van der Waals surface area contributed by atoms with Crippen LogP contribution in [0.5, 0.6) is 5.75 Å². The maximum absolute atomic E-state index is 5.35. The van der Waals surface area contributed by atoms with Crippen molar-refractivity contribution in [3.8, 4) is 11.4 Å². The molecular weight excluding hydrogens is 414 g/mol. The number of hydrogen-bond acceptors (Lipinski definition) is 5. The summed E-state index contributed by atoms with van der Waals surface area (Å²) in [7, 11) is 3.52. The lowest BCUT2D eigenvalue weighted by Gasteiger charge is -2.35. The molecule has 0 aliphatic carbocycles.